The smallest absolute Gasteiger partial charge is 0.306 e. The number of hydrogen-bond donors (Lipinski definition) is 2. The number of rotatable bonds is 5. The second-order valence-corrected chi connectivity index (χ2v) is 4.59. The first-order valence-corrected chi connectivity index (χ1v) is 5.99. The number of hydrogen-bond acceptors (Lipinski definition) is 4. The normalized spacial score (nSPS) is 24.7. The Balaban J connectivity index is 1.74. The summed E-state index contributed by atoms with van der Waals surface area (Å²) in [5, 5.41) is 11.8. The number of ether oxygens (including phenoxy) is 1. The summed E-state index contributed by atoms with van der Waals surface area (Å²) >= 11 is 0. The number of carboxylic acids is 1. The number of carbonyl (C=O) groups is 2. The van der Waals surface area contributed by atoms with E-state index in [1.165, 1.54) is 0 Å². The van der Waals surface area contributed by atoms with Gasteiger partial charge in [0, 0.05) is 19.1 Å². The molecule has 1 unspecified atom stereocenters. The lowest BCUT2D eigenvalue weighted by Crippen LogP contribution is -2.49. The average molecular weight is 242 g/mol. The van der Waals surface area contributed by atoms with Crippen LogP contribution in [0.25, 0.3) is 0 Å². The molecule has 0 bridgehead atoms. The van der Waals surface area contributed by atoms with E-state index in [1.54, 1.807) is 4.90 Å². The average Bonchev–Trinajstić information content (AvgIpc) is 3.09. The monoisotopic (exact) mass is 242 g/mol. The topological polar surface area (TPSA) is 78.9 Å². The number of aliphatic carboxylic acids is 1. The molecule has 1 aliphatic heterocycles. The van der Waals surface area contributed by atoms with E-state index in [2.05, 4.69) is 5.32 Å². The Bertz CT molecular complexity index is 304. The van der Waals surface area contributed by atoms with Crippen molar-refractivity contribution in [1.82, 2.24) is 10.2 Å². The highest BCUT2D eigenvalue weighted by atomic mass is 16.5. The molecule has 2 N–H and O–H groups in total. The SMILES string of the molecule is O=C(O)CC1CN(C(=O)CNC2CC2)CCO1. The van der Waals surface area contributed by atoms with Crippen LogP contribution in [0.2, 0.25) is 0 Å². The zero-order valence-electron chi connectivity index (χ0n) is 9.72. The van der Waals surface area contributed by atoms with Gasteiger partial charge < -0.3 is 20.1 Å². The molecular formula is C11H18N2O4. The molecule has 0 aromatic heterocycles. The first-order valence-electron chi connectivity index (χ1n) is 5.99. The predicted octanol–water partition coefficient (Wildman–Crippen LogP) is -0.559. The molecule has 1 atom stereocenters. The number of morpholine rings is 1. The predicted molar refractivity (Wildman–Crippen MR) is 59.6 cm³/mol. The van der Waals surface area contributed by atoms with Crippen molar-refractivity contribution in [3.05, 3.63) is 0 Å². The molecule has 1 saturated carbocycles. The molecule has 0 spiro atoms. The third kappa shape index (κ3) is 3.98. The summed E-state index contributed by atoms with van der Waals surface area (Å²) in [7, 11) is 0. The highest BCUT2D eigenvalue weighted by Gasteiger charge is 2.27. The minimum Gasteiger partial charge on any atom is -0.481 e. The molecule has 1 saturated heterocycles. The number of nitrogens with one attached hydrogen (secondary N) is 1. The summed E-state index contributed by atoms with van der Waals surface area (Å²) in [5.74, 6) is -0.851. The molecule has 1 amide bonds. The van der Waals surface area contributed by atoms with Crippen molar-refractivity contribution in [3.63, 3.8) is 0 Å². The second-order valence-electron chi connectivity index (χ2n) is 4.59. The van der Waals surface area contributed by atoms with E-state index >= 15 is 0 Å². The minimum atomic E-state index is -0.889. The van der Waals surface area contributed by atoms with Crippen molar-refractivity contribution in [2.24, 2.45) is 0 Å². The van der Waals surface area contributed by atoms with Gasteiger partial charge in [0.05, 0.1) is 25.7 Å². The van der Waals surface area contributed by atoms with Gasteiger partial charge in [0.25, 0.3) is 0 Å². The van der Waals surface area contributed by atoms with Gasteiger partial charge in [-0.15, -0.1) is 0 Å². The Kier molecular flexibility index (Phi) is 3.96. The van der Waals surface area contributed by atoms with Crippen molar-refractivity contribution in [2.45, 2.75) is 31.4 Å². The third-order valence-electron chi connectivity index (χ3n) is 3.01. The number of nitrogens with zero attached hydrogens (tertiary/aromatic N) is 1. The van der Waals surface area contributed by atoms with Gasteiger partial charge in [-0.1, -0.05) is 0 Å². The fraction of sp³-hybridized carbons (Fsp3) is 0.818. The van der Waals surface area contributed by atoms with Crippen LogP contribution in [0, 0.1) is 0 Å². The standard InChI is InChI=1S/C11H18N2O4/c14-10(6-12-8-1-2-8)13-3-4-17-9(7-13)5-11(15)16/h8-9,12H,1-7H2,(H,15,16). The zero-order chi connectivity index (χ0) is 12.3. The van der Waals surface area contributed by atoms with Gasteiger partial charge in [-0.3, -0.25) is 9.59 Å². The van der Waals surface area contributed by atoms with E-state index < -0.39 is 5.97 Å². The van der Waals surface area contributed by atoms with Crippen molar-refractivity contribution in [1.29, 1.82) is 0 Å². The fourth-order valence-corrected chi connectivity index (χ4v) is 1.90. The molecule has 6 nitrogen and oxygen atoms in total. The van der Waals surface area contributed by atoms with Crippen LogP contribution in [0.5, 0.6) is 0 Å². The molecule has 0 radical (unpaired) electrons. The van der Waals surface area contributed by atoms with Gasteiger partial charge in [-0.05, 0) is 12.8 Å². The maximum Gasteiger partial charge on any atom is 0.306 e. The zero-order valence-corrected chi connectivity index (χ0v) is 9.72. The Labute approximate surface area is 99.9 Å². The van der Waals surface area contributed by atoms with Gasteiger partial charge in [0.1, 0.15) is 0 Å². The summed E-state index contributed by atoms with van der Waals surface area (Å²) in [5.41, 5.74) is 0. The molecule has 2 fully saturated rings. The van der Waals surface area contributed by atoms with Crippen molar-refractivity contribution < 1.29 is 19.4 Å². The van der Waals surface area contributed by atoms with Crippen LogP contribution in [-0.2, 0) is 14.3 Å². The minimum absolute atomic E-state index is 0.0376. The third-order valence-corrected chi connectivity index (χ3v) is 3.01. The van der Waals surface area contributed by atoms with E-state index in [0.29, 0.717) is 32.3 Å². The highest BCUT2D eigenvalue weighted by Crippen LogP contribution is 2.18. The van der Waals surface area contributed by atoms with Gasteiger partial charge in [-0.2, -0.15) is 0 Å². The Hall–Kier alpha value is -1.14. The summed E-state index contributed by atoms with van der Waals surface area (Å²) in [6.45, 7) is 1.72. The fourth-order valence-electron chi connectivity index (χ4n) is 1.90. The number of carboxylic acid groups (broad SMARTS) is 1. The molecule has 17 heavy (non-hydrogen) atoms. The van der Waals surface area contributed by atoms with E-state index in [9.17, 15) is 9.59 Å². The first kappa shape index (κ1) is 12.3. The Morgan fingerprint density at radius 2 is 2.18 bits per heavy atom. The van der Waals surface area contributed by atoms with E-state index in [1.807, 2.05) is 0 Å². The van der Waals surface area contributed by atoms with E-state index in [-0.39, 0.29) is 18.4 Å². The molecule has 1 heterocycles. The molecule has 6 heteroatoms. The van der Waals surface area contributed by atoms with Crippen LogP contribution >= 0.6 is 0 Å². The lowest BCUT2D eigenvalue weighted by atomic mass is 10.2. The van der Waals surface area contributed by atoms with Gasteiger partial charge >= 0.3 is 5.97 Å². The molecule has 1 aliphatic carbocycles. The molecular weight excluding hydrogens is 224 g/mol. The van der Waals surface area contributed by atoms with E-state index in [0.717, 1.165) is 12.8 Å². The van der Waals surface area contributed by atoms with Gasteiger partial charge in [0.15, 0.2) is 0 Å². The van der Waals surface area contributed by atoms with Gasteiger partial charge in [-0.25, -0.2) is 0 Å². The number of carbonyl (C=O) groups excluding carboxylic acids is 1. The van der Waals surface area contributed by atoms with Crippen LogP contribution in [-0.4, -0.2) is 60.3 Å². The van der Waals surface area contributed by atoms with Crippen molar-refractivity contribution in [2.75, 3.05) is 26.2 Å². The van der Waals surface area contributed by atoms with Crippen LogP contribution in [0.1, 0.15) is 19.3 Å². The van der Waals surface area contributed by atoms with Crippen molar-refractivity contribution >= 4 is 11.9 Å². The number of amides is 1. The largest absolute Gasteiger partial charge is 0.481 e. The van der Waals surface area contributed by atoms with Crippen LogP contribution in [0.4, 0.5) is 0 Å². The quantitative estimate of drug-likeness (QED) is 0.675. The summed E-state index contributed by atoms with van der Waals surface area (Å²) in [4.78, 5) is 24.1. The first-order chi connectivity index (χ1) is 8.15. The molecule has 0 aromatic carbocycles. The van der Waals surface area contributed by atoms with Gasteiger partial charge in [0.2, 0.25) is 5.91 Å². The van der Waals surface area contributed by atoms with Crippen LogP contribution < -0.4 is 5.32 Å². The molecule has 2 rings (SSSR count). The summed E-state index contributed by atoms with van der Waals surface area (Å²) in [6, 6.07) is 0.509. The van der Waals surface area contributed by atoms with E-state index in [4.69, 9.17) is 9.84 Å². The molecule has 96 valence electrons. The molecule has 0 aromatic rings. The second kappa shape index (κ2) is 5.46. The van der Waals surface area contributed by atoms with Crippen LogP contribution in [0.3, 0.4) is 0 Å². The maximum atomic E-state index is 11.8. The molecule has 2 aliphatic rings. The Morgan fingerprint density at radius 1 is 1.41 bits per heavy atom. The summed E-state index contributed by atoms with van der Waals surface area (Å²) in [6.07, 6.45) is 1.89. The lowest BCUT2D eigenvalue weighted by Gasteiger charge is -2.32. The lowest BCUT2D eigenvalue weighted by molar-refractivity contribution is -0.147. The maximum absolute atomic E-state index is 11.8. The highest BCUT2D eigenvalue weighted by molar-refractivity contribution is 5.78. The Morgan fingerprint density at radius 3 is 2.82 bits per heavy atom. The summed E-state index contributed by atoms with van der Waals surface area (Å²) < 4.78 is 5.31. The van der Waals surface area contributed by atoms with Crippen molar-refractivity contribution in [3.8, 4) is 0 Å². The van der Waals surface area contributed by atoms with Crippen LogP contribution in [0.15, 0.2) is 0 Å².